The van der Waals surface area contributed by atoms with E-state index in [1.165, 1.54) is 11.0 Å². The largest absolute Gasteiger partial charge is 0.481 e. The van der Waals surface area contributed by atoms with Crippen LogP contribution in [0.1, 0.15) is 42.5 Å². The smallest absolute Gasteiger partial charge is 0.416 e. The Hall–Kier alpha value is -3.87. The molecule has 1 aliphatic heterocycles. The first-order chi connectivity index (χ1) is 18.8. The van der Waals surface area contributed by atoms with Gasteiger partial charge in [-0.25, -0.2) is 13.2 Å². The summed E-state index contributed by atoms with van der Waals surface area (Å²) in [5.74, 6) is -5.65. The van der Waals surface area contributed by atoms with Gasteiger partial charge in [-0.3, -0.25) is 19.3 Å². The van der Waals surface area contributed by atoms with Crippen LogP contribution in [0.5, 0.6) is 0 Å². The van der Waals surface area contributed by atoms with Crippen molar-refractivity contribution in [1.82, 2.24) is 15.1 Å². The third-order valence-corrected chi connectivity index (χ3v) is 6.51. The second-order valence-corrected chi connectivity index (χ2v) is 9.36. The lowest BCUT2D eigenvalue weighted by molar-refractivity contribution is -0.139. The maximum Gasteiger partial charge on any atom is 0.416 e. The van der Waals surface area contributed by atoms with Crippen LogP contribution >= 0.6 is 0 Å². The molecule has 1 heterocycles. The standard InChI is InChI=1S/C27H27F6N3O4/c1-16-14-36(23(15-35(16)10-2-3-26(39)40)18-5-8-20(28)22(30)11-18)25(38)13-34-24(37)9-6-17-4-7-19(12-21(17)29)27(31,32)33/h4-9,11-12,16,23H,2-3,10,13-15H2,1H3,(H,34,37)(H,39,40)/b9-6+/t16-,23-/m1/s1. The fraction of sp³-hybridized carbons (Fsp3) is 0.370. The van der Waals surface area contributed by atoms with E-state index in [2.05, 4.69) is 5.32 Å². The Labute approximate surface area is 226 Å². The number of nitrogens with zero attached hydrogens (tertiary/aromatic N) is 2. The van der Waals surface area contributed by atoms with Crippen molar-refractivity contribution in [3.05, 3.63) is 76.6 Å². The summed E-state index contributed by atoms with van der Waals surface area (Å²) in [6.45, 7) is 2.08. The van der Waals surface area contributed by atoms with Crippen molar-refractivity contribution in [2.45, 2.75) is 38.0 Å². The fourth-order valence-electron chi connectivity index (χ4n) is 4.38. The van der Waals surface area contributed by atoms with Crippen LogP contribution in [0, 0.1) is 17.5 Å². The number of benzene rings is 2. The Balaban J connectivity index is 1.69. The number of carbonyl (C=O) groups is 3. The molecule has 0 radical (unpaired) electrons. The van der Waals surface area contributed by atoms with Gasteiger partial charge in [0.2, 0.25) is 11.8 Å². The molecule has 2 N–H and O–H groups in total. The molecular formula is C27H27F6N3O4. The Morgan fingerprint density at radius 1 is 1.02 bits per heavy atom. The van der Waals surface area contributed by atoms with Crippen molar-refractivity contribution in [2.75, 3.05) is 26.2 Å². The number of carboxylic acids is 1. The van der Waals surface area contributed by atoms with Crippen LogP contribution in [0.2, 0.25) is 0 Å². The van der Waals surface area contributed by atoms with Crippen molar-refractivity contribution in [1.29, 1.82) is 0 Å². The molecule has 1 aliphatic rings. The second kappa shape index (κ2) is 13.0. The van der Waals surface area contributed by atoms with Gasteiger partial charge in [0.25, 0.3) is 0 Å². The maximum absolute atomic E-state index is 14.0. The van der Waals surface area contributed by atoms with E-state index in [0.717, 1.165) is 30.4 Å². The molecule has 1 saturated heterocycles. The maximum atomic E-state index is 14.0. The van der Waals surface area contributed by atoms with E-state index in [9.17, 15) is 40.7 Å². The summed E-state index contributed by atoms with van der Waals surface area (Å²) in [5.41, 5.74) is -1.13. The van der Waals surface area contributed by atoms with Gasteiger partial charge >= 0.3 is 12.1 Å². The zero-order valence-corrected chi connectivity index (χ0v) is 21.4. The number of halogens is 6. The molecule has 7 nitrogen and oxygen atoms in total. The van der Waals surface area contributed by atoms with Crippen molar-refractivity contribution in [3.8, 4) is 0 Å². The van der Waals surface area contributed by atoms with Crippen LogP contribution in [0.4, 0.5) is 26.3 Å². The molecule has 0 aliphatic carbocycles. The number of rotatable bonds is 9. The topological polar surface area (TPSA) is 90.0 Å². The lowest BCUT2D eigenvalue weighted by Gasteiger charge is -2.45. The van der Waals surface area contributed by atoms with Crippen LogP contribution in [-0.4, -0.2) is 64.9 Å². The first kappa shape index (κ1) is 30.7. The van der Waals surface area contributed by atoms with Crippen molar-refractivity contribution >= 4 is 23.9 Å². The molecule has 2 atom stereocenters. The molecule has 0 aromatic heterocycles. The van der Waals surface area contributed by atoms with Gasteiger partial charge in [-0.2, -0.15) is 13.2 Å². The minimum atomic E-state index is -4.72. The molecule has 2 aromatic rings. The van der Waals surface area contributed by atoms with E-state index in [-0.39, 0.29) is 31.1 Å². The third-order valence-electron chi connectivity index (χ3n) is 6.51. The van der Waals surface area contributed by atoms with E-state index in [1.807, 2.05) is 11.8 Å². The van der Waals surface area contributed by atoms with Crippen LogP contribution in [0.15, 0.2) is 42.5 Å². The Morgan fingerprint density at radius 2 is 1.75 bits per heavy atom. The first-order valence-corrected chi connectivity index (χ1v) is 12.3. The third kappa shape index (κ3) is 8.07. The SMILES string of the molecule is C[C@@H]1CN(C(=O)CNC(=O)/C=C/c2ccc(C(F)(F)F)cc2F)[C@@H](c2ccc(F)c(F)c2)CN1CCCC(=O)O. The predicted molar refractivity (Wildman–Crippen MR) is 132 cm³/mol. The highest BCUT2D eigenvalue weighted by Crippen LogP contribution is 2.31. The number of carboxylic acid groups (broad SMARTS) is 1. The summed E-state index contributed by atoms with van der Waals surface area (Å²) >= 11 is 0. The summed E-state index contributed by atoms with van der Waals surface area (Å²) in [5, 5.41) is 11.3. The minimum absolute atomic E-state index is 0.0579. The number of alkyl halides is 3. The number of aliphatic carboxylic acids is 1. The van der Waals surface area contributed by atoms with Gasteiger partial charge < -0.3 is 15.3 Å². The number of nitrogens with one attached hydrogen (secondary N) is 1. The Morgan fingerprint density at radius 3 is 2.38 bits per heavy atom. The van der Waals surface area contributed by atoms with Crippen LogP contribution < -0.4 is 5.32 Å². The van der Waals surface area contributed by atoms with Crippen molar-refractivity contribution in [3.63, 3.8) is 0 Å². The number of piperazine rings is 1. The summed E-state index contributed by atoms with van der Waals surface area (Å²) < 4.78 is 79.7. The van der Waals surface area contributed by atoms with Gasteiger partial charge in [0.05, 0.1) is 18.2 Å². The highest BCUT2D eigenvalue weighted by molar-refractivity contribution is 5.94. The van der Waals surface area contributed by atoms with Crippen LogP contribution in [0.3, 0.4) is 0 Å². The Bertz CT molecular complexity index is 1280. The number of amides is 2. The van der Waals surface area contributed by atoms with Crippen molar-refractivity contribution < 1.29 is 45.8 Å². The molecule has 0 saturated carbocycles. The zero-order valence-electron chi connectivity index (χ0n) is 21.4. The molecule has 0 spiro atoms. The molecular weight excluding hydrogens is 544 g/mol. The van der Waals surface area contributed by atoms with Gasteiger partial charge in [0.1, 0.15) is 5.82 Å². The van der Waals surface area contributed by atoms with Gasteiger partial charge in [-0.1, -0.05) is 12.1 Å². The van der Waals surface area contributed by atoms with E-state index >= 15 is 0 Å². The summed E-state index contributed by atoms with van der Waals surface area (Å²) in [4.78, 5) is 39.6. The van der Waals surface area contributed by atoms with Crippen LogP contribution in [-0.2, 0) is 20.6 Å². The fourth-order valence-corrected chi connectivity index (χ4v) is 4.38. The molecule has 2 aromatic carbocycles. The number of hydrogen-bond acceptors (Lipinski definition) is 4. The van der Waals surface area contributed by atoms with E-state index in [4.69, 9.17) is 5.11 Å². The van der Waals surface area contributed by atoms with Gasteiger partial charge in [0.15, 0.2) is 11.6 Å². The quantitative estimate of drug-likeness (QED) is 0.344. The van der Waals surface area contributed by atoms with Gasteiger partial charge in [-0.15, -0.1) is 0 Å². The number of carbonyl (C=O) groups excluding carboxylic acids is 2. The summed E-state index contributed by atoms with van der Waals surface area (Å²) in [6.07, 6.45) is -2.59. The molecule has 1 fully saturated rings. The molecule has 40 heavy (non-hydrogen) atoms. The molecule has 3 rings (SSSR count). The van der Waals surface area contributed by atoms with Crippen LogP contribution in [0.25, 0.3) is 6.08 Å². The number of hydrogen-bond donors (Lipinski definition) is 2. The van der Waals surface area contributed by atoms with E-state index in [0.29, 0.717) is 30.7 Å². The lowest BCUT2D eigenvalue weighted by Crippen LogP contribution is -2.56. The normalized spacial score (nSPS) is 18.2. The minimum Gasteiger partial charge on any atom is -0.481 e. The molecule has 0 unspecified atom stereocenters. The second-order valence-electron chi connectivity index (χ2n) is 9.36. The van der Waals surface area contributed by atoms with E-state index in [1.54, 1.807) is 0 Å². The average Bonchev–Trinajstić information content (AvgIpc) is 2.88. The van der Waals surface area contributed by atoms with Gasteiger partial charge in [-0.05, 0) is 55.8 Å². The predicted octanol–water partition coefficient (Wildman–Crippen LogP) is 4.39. The van der Waals surface area contributed by atoms with Gasteiger partial charge in [0, 0.05) is 37.2 Å². The highest BCUT2D eigenvalue weighted by atomic mass is 19.4. The van der Waals surface area contributed by atoms with E-state index < -0.39 is 59.6 Å². The van der Waals surface area contributed by atoms with Crippen molar-refractivity contribution in [2.24, 2.45) is 0 Å². The molecule has 13 heteroatoms. The highest BCUT2D eigenvalue weighted by Gasteiger charge is 2.35. The summed E-state index contributed by atoms with van der Waals surface area (Å²) in [6, 6.07) is 4.17. The first-order valence-electron chi connectivity index (χ1n) is 12.3. The lowest BCUT2D eigenvalue weighted by atomic mass is 9.98. The molecule has 2 amide bonds. The zero-order chi connectivity index (χ0) is 29.6. The monoisotopic (exact) mass is 571 g/mol. The average molecular weight is 572 g/mol. The Kier molecular flexibility index (Phi) is 9.96. The molecule has 0 bridgehead atoms. The molecule has 216 valence electrons. The summed E-state index contributed by atoms with van der Waals surface area (Å²) in [7, 11) is 0.